The highest BCUT2D eigenvalue weighted by Crippen LogP contribution is 2.24. The van der Waals surface area contributed by atoms with Crippen molar-refractivity contribution in [2.45, 2.75) is 26.7 Å². The van der Waals surface area contributed by atoms with Crippen molar-refractivity contribution in [1.29, 1.82) is 0 Å². The van der Waals surface area contributed by atoms with Crippen LogP contribution >= 0.6 is 0 Å². The first-order valence-corrected chi connectivity index (χ1v) is 9.56. The highest BCUT2D eigenvalue weighted by Gasteiger charge is 2.22. The largest absolute Gasteiger partial charge is 0.369 e. The topological polar surface area (TPSA) is 74.2 Å². The van der Waals surface area contributed by atoms with Crippen molar-refractivity contribution in [3.63, 3.8) is 0 Å². The van der Waals surface area contributed by atoms with E-state index in [9.17, 15) is 9.18 Å². The van der Waals surface area contributed by atoms with Gasteiger partial charge in [-0.25, -0.2) is 19.3 Å². The zero-order chi connectivity index (χ0) is 20.3. The number of rotatable bonds is 5. The number of pyridine rings is 1. The average Bonchev–Trinajstić information content (AvgIpc) is 2.87. The fourth-order valence-electron chi connectivity index (χ4n) is 3.14. The number of hydrogen-bond acceptors (Lipinski definition) is 6. The molecule has 1 amide bonds. The Morgan fingerprint density at radius 3 is 2.57 bits per heavy atom. The molecule has 0 fully saturated rings. The van der Waals surface area contributed by atoms with Gasteiger partial charge in [0.2, 0.25) is 5.95 Å². The SMILES string of the molecule is CC(C)CNc1nc2c(cc1C(=O)N(C)C)CCN(c1ncc(F)cn1)CC2. The second-order valence-electron chi connectivity index (χ2n) is 7.65. The van der Waals surface area contributed by atoms with Gasteiger partial charge in [0, 0.05) is 45.8 Å². The van der Waals surface area contributed by atoms with E-state index in [0.717, 1.165) is 24.2 Å². The summed E-state index contributed by atoms with van der Waals surface area (Å²) in [5, 5.41) is 3.33. The molecule has 8 heteroatoms. The predicted octanol–water partition coefficient (Wildman–Crippen LogP) is 2.39. The molecule has 0 aromatic carbocycles. The molecule has 1 N–H and O–H groups in total. The number of carbonyl (C=O) groups is 1. The Morgan fingerprint density at radius 1 is 1.25 bits per heavy atom. The molecule has 28 heavy (non-hydrogen) atoms. The number of hydrogen-bond donors (Lipinski definition) is 1. The lowest BCUT2D eigenvalue weighted by Crippen LogP contribution is -2.27. The molecular weight excluding hydrogens is 359 g/mol. The minimum Gasteiger partial charge on any atom is -0.369 e. The monoisotopic (exact) mass is 386 g/mol. The van der Waals surface area contributed by atoms with Gasteiger partial charge in [0.05, 0.1) is 18.0 Å². The van der Waals surface area contributed by atoms with Gasteiger partial charge in [0.1, 0.15) is 5.82 Å². The molecule has 0 saturated heterocycles. The zero-order valence-corrected chi connectivity index (χ0v) is 16.9. The van der Waals surface area contributed by atoms with Crippen LogP contribution in [0, 0.1) is 11.7 Å². The smallest absolute Gasteiger partial charge is 0.257 e. The number of amides is 1. The summed E-state index contributed by atoms with van der Waals surface area (Å²) in [6, 6.07) is 1.96. The van der Waals surface area contributed by atoms with E-state index >= 15 is 0 Å². The average molecular weight is 386 g/mol. The van der Waals surface area contributed by atoms with Crippen LogP contribution in [0.2, 0.25) is 0 Å². The maximum Gasteiger partial charge on any atom is 0.257 e. The first-order valence-electron chi connectivity index (χ1n) is 9.56. The third-order valence-corrected chi connectivity index (χ3v) is 4.66. The van der Waals surface area contributed by atoms with Crippen molar-refractivity contribution < 1.29 is 9.18 Å². The van der Waals surface area contributed by atoms with Crippen LogP contribution in [0.5, 0.6) is 0 Å². The maximum absolute atomic E-state index is 13.1. The molecule has 7 nitrogen and oxygen atoms in total. The van der Waals surface area contributed by atoms with Crippen molar-refractivity contribution in [3.05, 3.63) is 41.1 Å². The van der Waals surface area contributed by atoms with Crippen molar-refractivity contribution in [2.75, 3.05) is 43.9 Å². The standard InChI is InChI=1S/C20H27FN6O/c1-13(2)10-22-18-16(19(28)26(3)4)9-14-5-7-27(8-6-17(14)25-18)20-23-11-15(21)12-24-20/h9,11-13H,5-8,10H2,1-4H3,(H,22,25). The Labute approximate surface area is 165 Å². The minimum atomic E-state index is -0.448. The number of fused-ring (bicyclic) bond motifs is 1. The van der Waals surface area contributed by atoms with Gasteiger partial charge in [-0.2, -0.15) is 0 Å². The normalized spacial score (nSPS) is 13.9. The second kappa shape index (κ2) is 8.50. The number of carbonyl (C=O) groups excluding carboxylic acids is 1. The van der Waals surface area contributed by atoms with E-state index < -0.39 is 5.82 Å². The molecule has 0 spiro atoms. The number of anilines is 2. The molecule has 1 aliphatic rings. The molecule has 1 aliphatic heterocycles. The Bertz CT molecular complexity index is 837. The van der Waals surface area contributed by atoms with Gasteiger partial charge in [-0.05, 0) is 24.0 Å². The summed E-state index contributed by atoms with van der Waals surface area (Å²) < 4.78 is 13.1. The summed E-state index contributed by atoms with van der Waals surface area (Å²) in [4.78, 5) is 29.3. The van der Waals surface area contributed by atoms with E-state index in [0.29, 0.717) is 42.8 Å². The molecule has 0 bridgehead atoms. The predicted molar refractivity (Wildman–Crippen MR) is 107 cm³/mol. The van der Waals surface area contributed by atoms with Crippen LogP contribution in [0.1, 0.15) is 35.5 Å². The van der Waals surface area contributed by atoms with E-state index in [-0.39, 0.29) is 5.91 Å². The molecular formula is C20H27FN6O. The van der Waals surface area contributed by atoms with Crippen LogP contribution < -0.4 is 10.2 Å². The highest BCUT2D eigenvalue weighted by molar-refractivity contribution is 5.98. The van der Waals surface area contributed by atoms with E-state index in [1.54, 1.807) is 19.0 Å². The summed E-state index contributed by atoms with van der Waals surface area (Å²) >= 11 is 0. The minimum absolute atomic E-state index is 0.0653. The molecule has 3 heterocycles. The van der Waals surface area contributed by atoms with Gasteiger partial charge in [-0.1, -0.05) is 13.8 Å². The van der Waals surface area contributed by atoms with Gasteiger partial charge < -0.3 is 15.1 Å². The van der Waals surface area contributed by atoms with Gasteiger partial charge in [0.15, 0.2) is 5.82 Å². The van der Waals surface area contributed by atoms with Crippen molar-refractivity contribution >= 4 is 17.7 Å². The molecule has 0 radical (unpaired) electrons. The maximum atomic E-state index is 13.1. The van der Waals surface area contributed by atoms with Crippen molar-refractivity contribution in [1.82, 2.24) is 19.9 Å². The lowest BCUT2D eigenvalue weighted by Gasteiger charge is -2.19. The quantitative estimate of drug-likeness (QED) is 0.851. The third-order valence-electron chi connectivity index (χ3n) is 4.66. The van der Waals surface area contributed by atoms with Gasteiger partial charge in [0.25, 0.3) is 5.91 Å². The van der Waals surface area contributed by atoms with Crippen molar-refractivity contribution in [3.8, 4) is 0 Å². The van der Waals surface area contributed by atoms with Gasteiger partial charge in [-0.3, -0.25) is 4.79 Å². The number of halogens is 1. The van der Waals surface area contributed by atoms with Crippen molar-refractivity contribution in [2.24, 2.45) is 5.92 Å². The molecule has 150 valence electrons. The van der Waals surface area contributed by atoms with Crippen LogP contribution in [-0.4, -0.2) is 59.5 Å². The first kappa shape index (κ1) is 20.0. The summed E-state index contributed by atoms with van der Waals surface area (Å²) in [5.41, 5.74) is 2.63. The fourth-order valence-corrected chi connectivity index (χ4v) is 3.14. The molecule has 0 saturated carbocycles. The molecule has 0 unspecified atom stereocenters. The van der Waals surface area contributed by atoms with E-state index in [2.05, 4.69) is 29.1 Å². The Balaban J connectivity index is 1.88. The van der Waals surface area contributed by atoms with E-state index in [1.165, 1.54) is 12.4 Å². The second-order valence-corrected chi connectivity index (χ2v) is 7.65. The van der Waals surface area contributed by atoms with E-state index in [4.69, 9.17) is 4.98 Å². The Hall–Kier alpha value is -2.77. The van der Waals surface area contributed by atoms with Crippen LogP contribution in [0.25, 0.3) is 0 Å². The number of aromatic nitrogens is 3. The Kier molecular flexibility index (Phi) is 6.06. The molecule has 2 aromatic heterocycles. The summed E-state index contributed by atoms with van der Waals surface area (Å²) in [5.74, 6) is 1.07. The lowest BCUT2D eigenvalue weighted by molar-refractivity contribution is 0.0828. The van der Waals surface area contributed by atoms with Gasteiger partial charge in [-0.15, -0.1) is 0 Å². The first-order chi connectivity index (χ1) is 13.3. The zero-order valence-electron chi connectivity index (χ0n) is 16.9. The number of nitrogens with zero attached hydrogens (tertiary/aromatic N) is 5. The molecule has 3 rings (SSSR count). The van der Waals surface area contributed by atoms with E-state index in [1.807, 2.05) is 11.0 Å². The molecule has 0 aliphatic carbocycles. The van der Waals surface area contributed by atoms with Crippen LogP contribution in [0.3, 0.4) is 0 Å². The van der Waals surface area contributed by atoms with Crippen LogP contribution in [-0.2, 0) is 12.8 Å². The summed E-state index contributed by atoms with van der Waals surface area (Å²) in [7, 11) is 3.49. The Morgan fingerprint density at radius 2 is 1.93 bits per heavy atom. The van der Waals surface area contributed by atoms with Crippen LogP contribution in [0.4, 0.5) is 16.2 Å². The molecule has 2 aromatic rings. The van der Waals surface area contributed by atoms with Crippen LogP contribution in [0.15, 0.2) is 18.5 Å². The molecule has 0 atom stereocenters. The van der Waals surface area contributed by atoms with Gasteiger partial charge >= 0.3 is 0 Å². The third kappa shape index (κ3) is 4.55. The summed E-state index contributed by atoms with van der Waals surface area (Å²) in [6.07, 6.45) is 3.80. The fraction of sp³-hybridized carbons (Fsp3) is 0.500. The lowest BCUT2D eigenvalue weighted by atomic mass is 10.0. The number of nitrogens with one attached hydrogen (secondary N) is 1. The summed E-state index contributed by atoms with van der Waals surface area (Å²) in [6.45, 7) is 6.36. The highest BCUT2D eigenvalue weighted by atomic mass is 19.1.